The Labute approximate surface area is 127 Å². The van der Waals surface area contributed by atoms with Gasteiger partial charge in [0.15, 0.2) is 5.78 Å². The molecule has 108 valence electrons. The smallest absolute Gasteiger partial charge is 0.193 e. The molecule has 3 rings (SSSR count). The van der Waals surface area contributed by atoms with Gasteiger partial charge in [0.25, 0.3) is 0 Å². The highest BCUT2D eigenvalue weighted by Gasteiger charge is 2.20. The predicted molar refractivity (Wildman–Crippen MR) is 87.0 cm³/mol. The zero-order chi connectivity index (χ0) is 14.8. The average Bonchev–Trinajstić information content (AvgIpc) is 2.45. The van der Waals surface area contributed by atoms with E-state index in [4.69, 9.17) is 0 Å². The standard InChI is InChI=1S/C20H22O/c1-14(2)15-9-11-17(12-10-15)20(21)19-8-4-7-18(13-19)16-5-3-6-16/h4,7-14,16H,3,5-6H2,1-2H3. The topological polar surface area (TPSA) is 17.1 Å². The molecular formula is C20H22O. The van der Waals surface area contributed by atoms with Gasteiger partial charge in [-0.25, -0.2) is 0 Å². The van der Waals surface area contributed by atoms with E-state index in [9.17, 15) is 4.79 Å². The number of carbonyl (C=O) groups excluding carboxylic acids is 1. The first-order valence-electron chi connectivity index (χ1n) is 7.90. The first-order chi connectivity index (χ1) is 10.1. The molecule has 1 aliphatic carbocycles. The summed E-state index contributed by atoms with van der Waals surface area (Å²) in [7, 11) is 0. The highest BCUT2D eigenvalue weighted by Crippen LogP contribution is 2.36. The van der Waals surface area contributed by atoms with Crippen molar-refractivity contribution in [3.8, 4) is 0 Å². The van der Waals surface area contributed by atoms with E-state index < -0.39 is 0 Å². The van der Waals surface area contributed by atoms with Gasteiger partial charge in [-0.15, -0.1) is 0 Å². The van der Waals surface area contributed by atoms with Crippen LogP contribution in [0.4, 0.5) is 0 Å². The van der Waals surface area contributed by atoms with E-state index in [0.29, 0.717) is 11.8 Å². The van der Waals surface area contributed by atoms with Gasteiger partial charge < -0.3 is 0 Å². The summed E-state index contributed by atoms with van der Waals surface area (Å²) in [6.45, 7) is 4.33. The van der Waals surface area contributed by atoms with Crippen molar-refractivity contribution in [2.24, 2.45) is 0 Å². The number of hydrogen-bond donors (Lipinski definition) is 0. The maximum absolute atomic E-state index is 12.6. The van der Waals surface area contributed by atoms with Crippen LogP contribution in [0.3, 0.4) is 0 Å². The monoisotopic (exact) mass is 278 g/mol. The van der Waals surface area contributed by atoms with Crippen molar-refractivity contribution >= 4 is 5.78 Å². The quantitative estimate of drug-likeness (QED) is 0.693. The molecule has 0 bridgehead atoms. The van der Waals surface area contributed by atoms with Crippen molar-refractivity contribution in [3.05, 3.63) is 70.8 Å². The highest BCUT2D eigenvalue weighted by molar-refractivity contribution is 6.09. The number of rotatable bonds is 4. The molecule has 0 amide bonds. The molecule has 1 aliphatic rings. The zero-order valence-electron chi connectivity index (χ0n) is 12.8. The molecule has 0 N–H and O–H groups in total. The Morgan fingerprint density at radius 1 is 1.00 bits per heavy atom. The molecule has 0 aliphatic heterocycles. The van der Waals surface area contributed by atoms with Gasteiger partial charge in [-0.3, -0.25) is 4.79 Å². The Morgan fingerprint density at radius 2 is 1.71 bits per heavy atom. The molecule has 1 fully saturated rings. The van der Waals surface area contributed by atoms with Crippen molar-refractivity contribution in [1.82, 2.24) is 0 Å². The summed E-state index contributed by atoms with van der Waals surface area (Å²) < 4.78 is 0. The van der Waals surface area contributed by atoms with Crippen LogP contribution in [-0.2, 0) is 0 Å². The lowest BCUT2D eigenvalue weighted by atomic mass is 9.79. The molecule has 1 saturated carbocycles. The molecule has 1 heteroatoms. The fourth-order valence-corrected chi connectivity index (χ4v) is 2.86. The van der Waals surface area contributed by atoms with E-state index in [1.165, 1.54) is 30.4 Å². The van der Waals surface area contributed by atoms with Crippen molar-refractivity contribution in [2.45, 2.75) is 44.9 Å². The van der Waals surface area contributed by atoms with Crippen LogP contribution in [0.25, 0.3) is 0 Å². The van der Waals surface area contributed by atoms with Crippen LogP contribution >= 0.6 is 0 Å². The minimum Gasteiger partial charge on any atom is -0.289 e. The van der Waals surface area contributed by atoms with Crippen LogP contribution in [0.5, 0.6) is 0 Å². The third-order valence-corrected chi connectivity index (χ3v) is 4.56. The second-order valence-corrected chi connectivity index (χ2v) is 6.36. The first kappa shape index (κ1) is 14.1. The molecule has 0 heterocycles. The van der Waals surface area contributed by atoms with Crippen molar-refractivity contribution < 1.29 is 4.79 Å². The minimum atomic E-state index is 0.131. The van der Waals surface area contributed by atoms with Gasteiger partial charge in [0, 0.05) is 11.1 Å². The van der Waals surface area contributed by atoms with E-state index in [2.05, 4.69) is 38.1 Å². The molecule has 1 nitrogen and oxygen atoms in total. The van der Waals surface area contributed by atoms with Gasteiger partial charge in [0.1, 0.15) is 0 Å². The number of carbonyl (C=O) groups is 1. The van der Waals surface area contributed by atoms with E-state index in [1.807, 2.05) is 24.3 Å². The van der Waals surface area contributed by atoms with Crippen LogP contribution in [-0.4, -0.2) is 5.78 Å². The summed E-state index contributed by atoms with van der Waals surface area (Å²) in [5.74, 6) is 1.30. The fraction of sp³-hybridized carbons (Fsp3) is 0.350. The second-order valence-electron chi connectivity index (χ2n) is 6.36. The van der Waals surface area contributed by atoms with Crippen molar-refractivity contribution in [3.63, 3.8) is 0 Å². The van der Waals surface area contributed by atoms with E-state index in [0.717, 1.165) is 11.1 Å². The normalized spacial score (nSPS) is 15.0. The lowest BCUT2D eigenvalue weighted by molar-refractivity contribution is 0.103. The van der Waals surface area contributed by atoms with Gasteiger partial charge in [0.05, 0.1) is 0 Å². The van der Waals surface area contributed by atoms with Gasteiger partial charge >= 0.3 is 0 Å². The molecule has 0 unspecified atom stereocenters. The van der Waals surface area contributed by atoms with E-state index >= 15 is 0 Å². The minimum absolute atomic E-state index is 0.131. The average molecular weight is 278 g/mol. The van der Waals surface area contributed by atoms with Gasteiger partial charge in [-0.2, -0.15) is 0 Å². The SMILES string of the molecule is CC(C)c1ccc(C(=O)c2cccc(C3CCC3)c2)cc1. The third-order valence-electron chi connectivity index (χ3n) is 4.56. The molecule has 0 atom stereocenters. The molecule has 0 radical (unpaired) electrons. The summed E-state index contributed by atoms with van der Waals surface area (Å²) >= 11 is 0. The summed E-state index contributed by atoms with van der Waals surface area (Å²) in [4.78, 5) is 12.6. The molecule has 0 aromatic heterocycles. The Bertz CT molecular complexity index is 633. The molecule has 2 aromatic carbocycles. The predicted octanol–water partition coefficient (Wildman–Crippen LogP) is 5.31. The lowest BCUT2D eigenvalue weighted by Gasteiger charge is -2.26. The number of ketones is 1. The Hall–Kier alpha value is -1.89. The molecule has 2 aromatic rings. The maximum Gasteiger partial charge on any atom is 0.193 e. The molecular weight excluding hydrogens is 256 g/mol. The number of hydrogen-bond acceptors (Lipinski definition) is 1. The Balaban J connectivity index is 1.84. The van der Waals surface area contributed by atoms with Crippen LogP contribution in [0, 0.1) is 0 Å². The van der Waals surface area contributed by atoms with Crippen LogP contribution in [0.1, 0.15) is 72.0 Å². The lowest BCUT2D eigenvalue weighted by Crippen LogP contribution is -2.10. The summed E-state index contributed by atoms with van der Waals surface area (Å²) in [6, 6.07) is 16.2. The fourth-order valence-electron chi connectivity index (χ4n) is 2.86. The Morgan fingerprint density at radius 3 is 2.29 bits per heavy atom. The number of benzene rings is 2. The van der Waals surface area contributed by atoms with Gasteiger partial charge in [0.2, 0.25) is 0 Å². The van der Waals surface area contributed by atoms with Crippen LogP contribution < -0.4 is 0 Å². The molecule has 0 spiro atoms. The van der Waals surface area contributed by atoms with Gasteiger partial charge in [-0.05, 0) is 41.9 Å². The maximum atomic E-state index is 12.6. The van der Waals surface area contributed by atoms with Crippen LogP contribution in [0.15, 0.2) is 48.5 Å². The molecule has 21 heavy (non-hydrogen) atoms. The summed E-state index contributed by atoms with van der Waals surface area (Å²) in [5.41, 5.74) is 4.20. The zero-order valence-corrected chi connectivity index (χ0v) is 12.8. The Kier molecular flexibility index (Phi) is 3.92. The van der Waals surface area contributed by atoms with E-state index in [-0.39, 0.29) is 5.78 Å². The van der Waals surface area contributed by atoms with E-state index in [1.54, 1.807) is 0 Å². The third kappa shape index (κ3) is 2.92. The van der Waals surface area contributed by atoms with Gasteiger partial charge in [-0.1, -0.05) is 62.7 Å². The van der Waals surface area contributed by atoms with Crippen molar-refractivity contribution in [2.75, 3.05) is 0 Å². The largest absolute Gasteiger partial charge is 0.289 e. The molecule has 0 saturated heterocycles. The summed E-state index contributed by atoms with van der Waals surface area (Å²) in [6.07, 6.45) is 3.85. The van der Waals surface area contributed by atoms with Crippen LogP contribution in [0.2, 0.25) is 0 Å². The first-order valence-corrected chi connectivity index (χ1v) is 7.90. The summed E-state index contributed by atoms with van der Waals surface area (Å²) in [5, 5.41) is 0. The van der Waals surface area contributed by atoms with Crippen molar-refractivity contribution in [1.29, 1.82) is 0 Å². The highest BCUT2D eigenvalue weighted by atomic mass is 16.1. The second kappa shape index (κ2) is 5.85.